The molecule has 0 spiro atoms. The lowest BCUT2D eigenvalue weighted by Crippen LogP contribution is -2.40. The van der Waals surface area contributed by atoms with Crippen molar-refractivity contribution in [3.8, 4) is 0 Å². The molecule has 1 amide bonds. The van der Waals surface area contributed by atoms with Crippen LogP contribution >= 0.6 is 11.3 Å². The number of methoxy groups -OCH3 is 1. The first-order chi connectivity index (χ1) is 15.3. The minimum atomic E-state index is -3.73. The number of nitrogens with zero attached hydrogens (tertiary/aromatic N) is 1. The van der Waals surface area contributed by atoms with E-state index in [2.05, 4.69) is 5.32 Å². The number of fused-ring (bicyclic) bond motifs is 1. The van der Waals surface area contributed by atoms with Gasteiger partial charge in [-0.1, -0.05) is 6.07 Å². The highest BCUT2D eigenvalue weighted by atomic mass is 32.2. The van der Waals surface area contributed by atoms with E-state index >= 15 is 0 Å². The minimum absolute atomic E-state index is 0.0637. The van der Waals surface area contributed by atoms with Crippen LogP contribution in [0, 0.1) is 6.92 Å². The summed E-state index contributed by atoms with van der Waals surface area (Å²) in [6.45, 7) is 3.00. The predicted octanol–water partition coefficient (Wildman–Crippen LogP) is 3.00. The molecule has 8 nitrogen and oxygen atoms in total. The number of ether oxygens (including phenoxy) is 2. The second-order valence-corrected chi connectivity index (χ2v) is 10.9. The molecule has 1 aliphatic carbocycles. The van der Waals surface area contributed by atoms with Crippen LogP contribution in [0.15, 0.2) is 23.1 Å². The van der Waals surface area contributed by atoms with Gasteiger partial charge in [-0.2, -0.15) is 4.31 Å². The van der Waals surface area contributed by atoms with Crippen LogP contribution in [0.3, 0.4) is 0 Å². The zero-order chi connectivity index (χ0) is 22.9. The van der Waals surface area contributed by atoms with Gasteiger partial charge in [-0.05, 0) is 55.9 Å². The Bertz CT molecular complexity index is 1150. The Balaban J connectivity index is 1.65. The van der Waals surface area contributed by atoms with Crippen LogP contribution in [0.1, 0.15) is 49.6 Å². The zero-order valence-corrected chi connectivity index (χ0v) is 19.7. The molecule has 0 atom stereocenters. The highest BCUT2D eigenvalue weighted by molar-refractivity contribution is 7.89. The van der Waals surface area contributed by atoms with E-state index in [1.807, 2.05) is 0 Å². The number of hydrogen-bond donors (Lipinski definition) is 1. The van der Waals surface area contributed by atoms with Crippen LogP contribution < -0.4 is 5.32 Å². The Morgan fingerprint density at radius 2 is 1.88 bits per heavy atom. The highest BCUT2D eigenvalue weighted by Gasteiger charge is 2.29. The molecule has 1 fully saturated rings. The topological polar surface area (TPSA) is 102 Å². The molecule has 2 aromatic rings. The van der Waals surface area contributed by atoms with Gasteiger partial charge in [0.15, 0.2) is 0 Å². The maximum absolute atomic E-state index is 13.2. The fourth-order valence-corrected chi connectivity index (χ4v) is 6.79. The van der Waals surface area contributed by atoms with Crippen molar-refractivity contribution in [2.24, 2.45) is 0 Å². The number of nitrogens with one attached hydrogen (secondary N) is 1. The number of carbonyl (C=O) groups is 2. The number of hydrogen-bond acceptors (Lipinski definition) is 7. The van der Waals surface area contributed by atoms with Crippen molar-refractivity contribution in [3.63, 3.8) is 0 Å². The number of amides is 1. The summed E-state index contributed by atoms with van der Waals surface area (Å²) in [4.78, 5) is 26.8. The summed E-state index contributed by atoms with van der Waals surface area (Å²) in [6.07, 6.45) is 3.67. The van der Waals surface area contributed by atoms with Gasteiger partial charge < -0.3 is 14.8 Å². The number of sulfonamides is 1. The summed E-state index contributed by atoms with van der Waals surface area (Å²) >= 11 is 1.39. The fraction of sp³-hybridized carbons (Fsp3) is 0.455. The van der Waals surface area contributed by atoms with Crippen molar-refractivity contribution in [3.05, 3.63) is 45.3 Å². The molecule has 2 heterocycles. The van der Waals surface area contributed by atoms with Crippen LogP contribution in [-0.2, 0) is 32.3 Å². The number of rotatable bonds is 5. The molecule has 0 radical (unpaired) electrons. The van der Waals surface area contributed by atoms with E-state index in [-0.39, 0.29) is 23.5 Å². The molecule has 0 saturated carbocycles. The summed E-state index contributed by atoms with van der Waals surface area (Å²) in [5.74, 6) is -0.926. The quantitative estimate of drug-likeness (QED) is 0.663. The molecule has 1 aromatic heterocycles. The highest BCUT2D eigenvalue weighted by Crippen LogP contribution is 2.39. The molecule has 4 rings (SSSR count). The Hall–Kier alpha value is -2.27. The Kier molecular flexibility index (Phi) is 6.66. The van der Waals surface area contributed by atoms with Crippen LogP contribution in [-0.4, -0.2) is 58.0 Å². The number of thiophene rings is 1. The van der Waals surface area contributed by atoms with Gasteiger partial charge in [0, 0.05) is 23.5 Å². The summed E-state index contributed by atoms with van der Waals surface area (Å²) in [6, 6.07) is 4.55. The Morgan fingerprint density at radius 3 is 2.59 bits per heavy atom. The number of anilines is 1. The maximum atomic E-state index is 13.2. The molecule has 1 aromatic carbocycles. The third kappa shape index (κ3) is 4.32. The van der Waals surface area contributed by atoms with E-state index in [4.69, 9.17) is 9.47 Å². The number of aryl methyl sites for hydroxylation is 2. The number of carbonyl (C=O) groups excluding carboxylic acids is 2. The van der Waals surface area contributed by atoms with Crippen LogP contribution in [0.25, 0.3) is 0 Å². The van der Waals surface area contributed by atoms with Gasteiger partial charge in [-0.3, -0.25) is 4.79 Å². The van der Waals surface area contributed by atoms with E-state index in [1.165, 1.54) is 34.9 Å². The summed E-state index contributed by atoms with van der Waals surface area (Å²) in [5, 5.41) is 3.30. The summed E-state index contributed by atoms with van der Waals surface area (Å²) in [5.41, 5.74) is 2.25. The molecule has 2 aliphatic rings. The van der Waals surface area contributed by atoms with Crippen LogP contribution in [0.4, 0.5) is 5.00 Å². The van der Waals surface area contributed by atoms with Crippen molar-refractivity contribution >= 4 is 38.2 Å². The van der Waals surface area contributed by atoms with E-state index < -0.39 is 21.9 Å². The molecule has 0 unspecified atom stereocenters. The first kappa shape index (κ1) is 22.9. The van der Waals surface area contributed by atoms with E-state index in [9.17, 15) is 18.0 Å². The van der Waals surface area contributed by atoms with Crippen molar-refractivity contribution in [2.75, 3.05) is 38.7 Å². The number of morpholine rings is 1. The third-order valence-electron chi connectivity index (χ3n) is 5.85. The molecule has 1 saturated heterocycles. The SMILES string of the molecule is COC(=O)c1c(NC(=O)c2cc(S(=O)(=O)N3CCOCC3)ccc2C)sc2c1CCCC2. The van der Waals surface area contributed by atoms with Crippen molar-refractivity contribution in [1.82, 2.24) is 4.31 Å². The average molecular weight is 479 g/mol. The second-order valence-electron chi connectivity index (χ2n) is 7.85. The minimum Gasteiger partial charge on any atom is -0.465 e. The fourth-order valence-electron chi connectivity index (χ4n) is 4.08. The van der Waals surface area contributed by atoms with Gasteiger partial charge in [-0.25, -0.2) is 13.2 Å². The molecule has 172 valence electrons. The first-order valence-electron chi connectivity index (χ1n) is 10.6. The molecular formula is C22H26N2O6S2. The normalized spacial score (nSPS) is 16.9. The third-order valence-corrected chi connectivity index (χ3v) is 8.95. The lowest BCUT2D eigenvalue weighted by molar-refractivity contribution is 0.0601. The van der Waals surface area contributed by atoms with Gasteiger partial charge in [0.1, 0.15) is 5.00 Å². The Morgan fingerprint density at radius 1 is 1.16 bits per heavy atom. The lowest BCUT2D eigenvalue weighted by Gasteiger charge is -2.26. The molecular weight excluding hydrogens is 452 g/mol. The van der Waals surface area contributed by atoms with E-state index in [0.717, 1.165) is 36.1 Å². The van der Waals surface area contributed by atoms with E-state index in [1.54, 1.807) is 13.0 Å². The predicted molar refractivity (Wildman–Crippen MR) is 121 cm³/mol. The van der Waals surface area contributed by atoms with Gasteiger partial charge in [0.05, 0.1) is 30.8 Å². The molecule has 0 bridgehead atoms. The van der Waals surface area contributed by atoms with Crippen molar-refractivity contribution in [2.45, 2.75) is 37.5 Å². The lowest BCUT2D eigenvalue weighted by atomic mass is 9.95. The van der Waals surface area contributed by atoms with E-state index in [0.29, 0.717) is 29.3 Å². The zero-order valence-electron chi connectivity index (χ0n) is 18.1. The maximum Gasteiger partial charge on any atom is 0.341 e. The molecule has 32 heavy (non-hydrogen) atoms. The molecule has 1 aliphatic heterocycles. The first-order valence-corrected chi connectivity index (χ1v) is 12.8. The number of benzene rings is 1. The van der Waals surface area contributed by atoms with Crippen molar-refractivity contribution in [1.29, 1.82) is 0 Å². The monoisotopic (exact) mass is 478 g/mol. The van der Waals surface area contributed by atoms with Gasteiger partial charge in [-0.15, -0.1) is 11.3 Å². The smallest absolute Gasteiger partial charge is 0.341 e. The molecule has 1 N–H and O–H groups in total. The van der Waals surface area contributed by atoms with Gasteiger partial charge in [0.2, 0.25) is 10.0 Å². The van der Waals surface area contributed by atoms with Crippen LogP contribution in [0.5, 0.6) is 0 Å². The Labute approximate surface area is 191 Å². The number of esters is 1. The standard InChI is InChI=1S/C22H26N2O6S2/c1-14-7-8-15(32(27,28)24-9-11-30-12-10-24)13-17(14)20(25)23-21-19(22(26)29-2)16-5-3-4-6-18(16)31-21/h7-8,13H,3-6,9-12H2,1-2H3,(H,23,25). The largest absolute Gasteiger partial charge is 0.465 e. The summed E-state index contributed by atoms with van der Waals surface area (Å²) < 4.78 is 37.6. The van der Waals surface area contributed by atoms with Gasteiger partial charge >= 0.3 is 5.97 Å². The second kappa shape index (κ2) is 9.30. The summed E-state index contributed by atoms with van der Waals surface area (Å²) in [7, 11) is -2.41. The van der Waals surface area contributed by atoms with Crippen LogP contribution in [0.2, 0.25) is 0 Å². The average Bonchev–Trinajstić information content (AvgIpc) is 3.17. The van der Waals surface area contributed by atoms with Gasteiger partial charge in [0.25, 0.3) is 5.91 Å². The molecule has 10 heteroatoms. The van der Waals surface area contributed by atoms with Crippen molar-refractivity contribution < 1.29 is 27.5 Å².